The monoisotopic (exact) mass is 198 g/mol. The number of hydrogen-bond acceptors (Lipinski definition) is 2. The number of unbranched alkanes of at least 4 members (excludes halogenated alkanes) is 1. The van der Waals surface area contributed by atoms with Crippen LogP contribution in [0.2, 0.25) is 0 Å². The van der Waals surface area contributed by atoms with E-state index in [1.54, 1.807) is 0 Å². The first-order chi connectivity index (χ1) is 6.15. The van der Waals surface area contributed by atoms with Crippen LogP contribution in [-0.4, -0.2) is 15.1 Å². The van der Waals surface area contributed by atoms with Crippen LogP contribution in [0.5, 0.6) is 0 Å². The fourth-order valence-corrected chi connectivity index (χ4v) is 1.41. The van der Waals surface area contributed by atoms with E-state index in [1.807, 2.05) is 6.92 Å². The number of H-pyrrole nitrogens is 1. The van der Waals surface area contributed by atoms with Crippen molar-refractivity contribution < 1.29 is 4.79 Å². The first kappa shape index (κ1) is 10.3. The largest absolute Gasteiger partial charge is 0.345 e. The number of nitrogens with zero attached hydrogens (tertiary/aromatic N) is 1. The summed E-state index contributed by atoms with van der Waals surface area (Å²) in [6.45, 7) is 3.96. The molecule has 0 amide bonds. The molecule has 1 aromatic rings. The van der Waals surface area contributed by atoms with Crippen LogP contribution in [0.25, 0.3) is 0 Å². The zero-order valence-corrected chi connectivity index (χ0v) is 8.82. The number of nitrogens with one attached hydrogen (secondary N) is 1. The van der Waals surface area contributed by atoms with Crippen LogP contribution >= 0.6 is 12.6 Å². The van der Waals surface area contributed by atoms with Gasteiger partial charge in [-0.1, -0.05) is 26.0 Å². The Kier molecular flexibility index (Phi) is 3.54. The number of thiol groups is 1. The van der Waals surface area contributed by atoms with E-state index in [0.717, 1.165) is 30.8 Å². The highest BCUT2D eigenvalue weighted by Crippen LogP contribution is 2.09. The molecule has 1 heterocycles. The molecular formula is C9H14N2OS. The van der Waals surface area contributed by atoms with Gasteiger partial charge in [0.05, 0.1) is 0 Å². The maximum absolute atomic E-state index is 10.9. The van der Waals surface area contributed by atoms with Gasteiger partial charge < -0.3 is 4.98 Å². The lowest BCUT2D eigenvalue weighted by Gasteiger charge is -1.91. The summed E-state index contributed by atoms with van der Waals surface area (Å²) in [7, 11) is 0. The van der Waals surface area contributed by atoms with Crippen molar-refractivity contribution in [3.05, 3.63) is 17.2 Å². The lowest BCUT2D eigenvalue weighted by molar-refractivity contribution is 0.108. The molecule has 0 saturated heterocycles. The second-order valence-electron chi connectivity index (χ2n) is 3.07. The van der Waals surface area contributed by atoms with E-state index in [1.165, 1.54) is 0 Å². The van der Waals surface area contributed by atoms with E-state index in [4.69, 9.17) is 0 Å². The van der Waals surface area contributed by atoms with Gasteiger partial charge in [-0.05, 0) is 13.3 Å². The summed E-state index contributed by atoms with van der Waals surface area (Å²) in [4.78, 5) is 18.2. The van der Waals surface area contributed by atoms with Crippen LogP contribution < -0.4 is 0 Å². The maximum atomic E-state index is 10.9. The van der Waals surface area contributed by atoms with E-state index in [2.05, 4.69) is 29.5 Å². The molecule has 0 saturated carbocycles. The third-order valence-corrected chi connectivity index (χ3v) is 2.12. The fourth-order valence-electron chi connectivity index (χ4n) is 1.19. The number of carbonyl (C=O) groups excluding carboxylic acids is 1. The van der Waals surface area contributed by atoms with Crippen molar-refractivity contribution in [3.8, 4) is 0 Å². The van der Waals surface area contributed by atoms with Gasteiger partial charge in [0.2, 0.25) is 5.12 Å². The molecule has 0 aliphatic rings. The van der Waals surface area contributed by atoms with Crippen LogP contribution in [0.1, 0.15) is 41.8 Å². The number of hydrogen-bond donors (Lipinski definition) is 2. The van der Waals surface area contributed by atoms with Gasteiger partial charge in [0.25, 0.3) is 0 Å². The third kappa shape index (κ3) is 2.59. The first-order valence-electron chi connectivity index (χ1n) is 4.44. The molecule has 0 aromatic carbocycles. The summed E-state index contributed by atoms with van der Waals surface area (Å²) in [5.41, 5.74) is 1.26. The number of aryl methyl sites for hydroxylation is 2. The quantitative estimate of drug-likeness (QED) is 0.728. The van der Waals surface area contributed by atoms with Crippen molar-refractivity contribution in [1.29, 1.82) is 0 Å². The summed E-state index contributed by atoms with van der Waals surface area (Å²) in [5.74, 6) is 0.886. The maximum Gasteiger partial charge on any atom is 0.236 e. The van der Waals surface area contributed by atoms with E-state index >= 15 is 0 Å². The summed E-state index contributed by atoms with van der Waals surface area (Å²) in [6.07, 6.45) is 3.12. The first-order valence-corrected chi connectivity index (χ1v) is 4.88. The van der Waals surface area contributed by atoms with E-state index in [0.29, 0.717) is 5.69 Å². The van der Waals surface area contributed by atoms with Gasteiger partial charge in [-0.25, -0.2) is 4.98 Å². The Morgan fingerprint density at radius 2 is 2.31 bits per heavy atom. The predicted octanol–water partition coefficient (Wildman–Crippen LogP) is 2.13. The normalized spacial score (nSPS) is 10.4. The topological polar surface area (TPSA) is 45.8 Å². The van der Waals surface area contributed by atoms with Gasteiger partial charge in [0, 0.05) is 12.1 Å². The minimum Gasteiger partial charge on any atom is -0.345 e. The molecule has 0 atom stereocenters. The third-order valence-electron chi connectivity index (χ3n) is 1.90. The summed E-state index contributed by atoms with van der Waals surface area (Å²) in [5, 5.41) is -0.267. The van der Waals surface area contributed by atoms with E-state index in [-0.39, 0.29) is 5.12 Å². The van der Waals surface area contributed by atoms with Gasteiger partial charge in [-0.3, -0.25) is 4.79 Å². The smallest absolute Gasteiger partial charge is 0.236 e. The molecule has 1 rings (SSSR count). The van der Waals surface area contributed by atoms with Crippen molar-refractivity contribution >= 4 is 17.7 Å². The number of aromatic amines is 1. The van der Waals surface area contributed by atoms with Gasteiger partial charge in [-0.2, -0.15) is 0 Å². The summed E-state index contributed by atoms with van der Waals surface area (Å²) >= 11 is 3.74. The summed E-state index contributed by atoms with van der Waals surface area (Å²) in [6, 6.07) is 0. The van der Waals surface area contributed by atoms with Crippen LogP contribution in [0, 0.1) is 6.92 Å². The molecule has 3 nitrogen and oxygen atoms in total. The van der Waals surface area contributed by atoms with Gasteiger partial charge in [0.15, 0.2) is 0 Å². The van der Waals surface area contributed by atoms with Crippen LogP contribution in [-0.2, 0) is 6.42 Å². The lowest BCUT2D eigenvalue weighted by atomic mass is 10.2. The van der Waals surface area contributed by atoms with Crippen molar-refractivity contribution in [3.63, 3.8) is 0 Å². The zero-order chi connectivity index (χ0) is 9.84. The Morgan fingerprint density at radius 3 is 2.77 bits per heavy atom. The van der Waals surface area contributed by atoms with Gasteiger partial charge >= 0.3 is 0 Å². The summed E-state index contributed by atoms with van der Waals surface area (Å²) < 4.78 is 0. The fraction of sp³-hybridized carbons (Fsp3) is 0.556. The minimum absolute atomic E-state index is 0.267. The Labute approximate surface area is 83.4 Å². The molecule has 0 bridgehead atoms. The Bertz CT molecular complexity index is 307. The number of rotatable bonds is 4. The second kappa shape index (κ2) is 4.46. The zero-order valence-electron chi connectivity index (χ0n) is 7.92. The highest BCUT2D eigenvalue weighted by molar-refractivity contribution is 7.97. The van der Waals surface area contributed by atoms with Crippen molar-refractivity contribution in [2.24, 2.45) is 0 Å². The molecule has 0 spiro atoms. The van der Waals surface area contributed by atoms with Crippen molar-refractivity contribution in [2.75, 3.05) is 0 Å². The average molecular weight is 198 g/mol. The van der Waals surface area contributed by atoms with E-state index < -0.39 is 0 Å². The molecule has 1 aromatic heterocycles. The highest BCUT2D eigenvalue weighted by atomic mass is 32.1. The van der Waals surface area contributed by atoms with Crippen LogP contribution in [0.4, 0.5) is 0 Å². The van der Waals surface area contributed by atoms with Crippen LogP contribution in [0.15, 0.2) is 0 Å². The standard InChI is InChI=1S/C9H14N2OS/c1-3-4-5-7-10-6(2)8(11-7)9(12)13/h3-5H2,1-2H3,(H,10,11)(H,12,13). The molecule has 0 radical (unpaired) electrons. The highest BCUT2D eigenvalue weighted by Gasteiger charge is 2.10. The van der Waals surface area contributed by atoms with Crippen molar-refractivity contribution in [1.82, 2.24) is 9.97 Å². The molecule has 13 heavy (non-hydrogen) atoms. The molecular weight excluding hydrogens is 184 g/mol. The Morgan fingerprint density at radius 1 is 1.62 bits per heavy atom. The molecule has 0 unspecified atom stereocenters. The molecule has 1 N–H and O–H groups in total. The number of carbonyl (C=O) groups is 1. The second-order valence-corrected chi connectivity index (χ2v) is 3.47. The lowest BCUT2D eigenvalue weighted by Crippen LogP contribution is -1.92. The SMILES string of the molecule is CCCCc1nc(C(=O)S)c(C)[nH]1. The van der Waals surface area contributed by atoms with Gasteiger partial charge in [0.1, 0.15) is 11.5 Å². The molecule has 0 aliphatic carbocycles. The molecule has 4 heteroatoms. The molecule has 0 fully saturated rings. The molecule has 72 valence electrons. The van der Waals surface area contributed by atoms with Crippen molar-refractivity contribution in [2.45, 2.75) is 33.1 Å². The van der Waals surface area contributed by atoms with Gasteiger partial charge in [-0.15, -0.1) is 0 Å². The molecule has 0 aliphatic heterocycles. The minimum atomic E-state index is -0.267. The Hall–Kier alpha value is -0.770. The number of aromatic nitrogens is 2. The van der Waals surface area contributed by atoms with E-state index in [9.17, 15) is 4.79 Å². The average Bonchev–Trinajstić information content (AvgIpc) is 2.43. The number of imidazole rings is 1. The van der Waals surface area contributed by atoms with Crippen LogP contribution in [0.3, 0.4) is 0 Å². The Balaban J connectivity index is 2.76. The predicted molar refractivity (Wildman–Crippen MR) is 55.3 cm³/mol.